The van der Waals surface area contributed by atoms with E-state index in [1.54, 1.807) is 12.1 Å². The fraction of sp³-hybridized carbons (Fsp3) is 0.143. The second-order valence-electron chi connectivity index (χ2n) is 2.29. The zero-order chi connectivity index (χ0) is 9.90. The Balaban J connectivity index is 3.13. The summed E-state index contributed by atoms with van der Waals surface area (Å²) >= 11 is -1.08. The van der Waals surface area contributed by atoms with Gasteiger partial charge in [-0.25, -0.2) is 0 Å². The summed E-state index contributed by atoms with van der Waals surface area (Å²) in [5.41, 5.74) is 0. The first-order valence-electron chi connectivity index (χ1n) is 3.47. The van der Waals surface area contributed by atoms with E-state index in [9.17, 15) is 12.2 Å². The third-order valence-corrected chi connectivity index (χ3v) is 4.02. The van der Waals surface area contributed by atoms with Gasteiger partial charge in [0.15, 0.2) is 0 Å². The molecule has 1 rings (SSSR count). The van der Waals surface area contributed by atoms with Crippen LogP contribution in [0.2, 0.25) is 0 Å². The van der Waals surface area contributed by atoms with Crippen molar-refractivity contribution in [1.29, 1.82) is 0 Å². The van der Waals surface area contributed by atoms with Gasteiger partial charge in [0.2, 0.25) is 0 Å². The maximum absolute atomic E-state index is 11.2. The molecular formula is C7H8AsNO3S. The molecule has 0 heterocycles. The second kappa shape index (κ2) is 4.13. The third kappa shape index (κ3) is 2.46. The number of hydrogen-bond donors (Lipinski definition) is 1. The molecule has 0 aliphatic carbocycles. The Morgan fingerprint density at radius 1 is 1.23 bits per heavy atom. The minimum absolute atomic E-state index is 0.188. The van der Waals surface area contributed by atoms with E-state index in [2.05, 4.69) is 4.72 Å². The van der Waals surface area contributed by atoms with Crippen molar-refractivity contribution < 1.29 is 12.2 Å². The van der Waals surface area contributed by atoms with Gasteiger partial charge in [-0.05, 0) is 0 Å². The molecule has 0 aromatic heterocycles. The Bertz CT molecular complexity index is 398. The summed E-state index contributed by atoms with van der Waals surface area (Å²) in [6, 6.07) is 5.98. The summed E-state index contributed by atoms with van der Waals surface area (Å²) in [5, 5.41) is 0. The molecular weight excluding hydrogens is 253 g/mol. The molecule has 0 saturated carbocycles. The molecule has 6 heteroatoms. The average Bonchev–Trinajstić information content (AvgIpc) is 2.18. The van der Waals surface area contributed by atoms with Crippen molar-refractivity contribution in [1.82, 2.24) is 4.72 Å². The van der Waals surface area contributed by atoms with E-state index < -0.39 is 25.7 Å². The number of benzene rings is 1. The summed E-state index contributed by atoms with van der Waals surface area (Å²) in [7, 11) is -2.01. The first-order chi connectivity index (χ1) is 6.10. The van der Waals surface area contributed by atoms with Gasteiger partial charge in [-0.2, -0.15) is 0 Å². The van der Waals surface area contributed by atoms with Gasteiger partial charge in [0.25, 0.3) is 0 Å². The normalized spacial score (nSPS) is 11.8. The predicted molar refractivity (Wildman–Crippen MR) is 48.8 cm³/mol. The average molecular weight is 261 g/mol. The molecule has 4 nitrogen and oxygen atoms in total. The van der Waals surface area contributed by atoms with Crippen molar-refractivity contribution >= 4 is 30.1 Å². The van der Waals surface area contributed by atoms with E-state index in [0.717, 1.165) is 0 Å². The number of sulfonamides is 1. The van der Waals surface area contributed by atoms with Crippen molar-refractivity contribution in [2.75, 3.05) is 7.05 Å². The minimum atomic E-state index is -3.36. The van der Waals surface area contributed by atoms with Crippen LogP contribution in [0.5, 0.6) is 0 Å². The second-order valence-corrected chi connectivity index (χ2v) is 5.65. The first-order valence-corrected chi connectivity index (χ1v) is 6.66. The van der Waals surface area contributed by atoms with E-state index >= 15 is 0 Å². The molecule has 0 unspecified atom stereocenters. The van der Waals surface area contributed by atoms with Gasteiger partial charge >= 0.3 is 83.2 Å². The van der Waals surface area contributed by atoms with Gasteiger partial charge < -0.3 is 0 Å². The quantitative estimate of drug-likeness (QED) is 0.730. The van der Waals surface area contributed by atoms with Gasteiger partial charge in [-0.1, -0.05) is 0 Å². The van der Waals surface area contributed by atoms with Crippen molar-refractivity contribution in [3.8, 4) is 0 Å². The van der Waals surface area contributed by atoms with Crippen LogP contribution < -0.4 is 9.07 Å². The van der Waals surface area contributed by atoms with Crippen LogP contribution in [-0.2, 0) is 13.8 Å². The number of rotatable bonds is 3. The molecule has 0 saturated heterocycles. The van der Waals surface area contributed by atoms with E-state index in [-0.39, 0.29) is 4.90 Å². The van der Waals surface area contributed by atoms with Crippen LogP contribution in [0.4, 0.5) is 0 Å². The standard InChI is InChI=1S/C7H8AsNO3S/c1-9-13(11,12)7-4-2-6(8-10)3-5-7/h2-5,9H,1H3. The SMILES string of the molecule is CNS(=O)(=O)c1ccc([As]=O)cc1. The Labute approximate surface area is 83.3 Å². The van der Waals surface area contributed by atoms with Gasteiger partial charge in [0.05, 0.1) is 0 Å². The topological polar surface area (TPSA) is 63.2 Å². The monoisotopic (exact) mass is 261 g/mol. The van der Waals surface area contributed by atoms with Crippen LogP contribution in [0.25, 0.3) is 0 Å². The predicted octanol–water partition coefficient (Wildman–Crippen LogP) is -0.730. The summed E-state index contributed by atoms with van der Waals surface area (Å²) < 4.78 is 35.8. The molecule has 70 valence electrons. The van der Waals surface area contributed by atoms with Crippen molar-refractivity contribution in [3.63, 3.8) is 0 Å². The molecule has 1 aromatic carbocycles. The van der Waals surface area contributed by atoms with E-state index in [0.29, 0.717) is 4.35 Å². The van der Waals surface area contributed by atoms with Crippen LogP contribution in [0, 0.1) is 0 Å². The molecule has 1 N–H and O–H groups in total. The molecule has 0 bridgehead atoms. The fourth-order valence-corrected chi connectivity index (χ4v) is 2.10. The van der Waals surface area contributed by atoms with Crippen LogP contribution in [0.3, 0.4) is 0 Å². The summed E-state index contributed by atoms with van der Waals surface area (Å²) in [6.45, 7) is 0. The van der Waals surface area contributed by atoms with Crippen molar-refractivity contribution in [3.05, 3.63) is 24.3 Å². The van der Waals surface area contributed by atoms with Crippen LogP contribution >= 0.6 is 0 Å². The Morgan fingerprint density at radius 2 is 1.77 bits per heavy atom. The number of nitrogens with one attached hydrogen (secondary N) is 1. The summed E-state index contributed by atoms with van der Waals surface area (Å²) in [4.78, 5) is 0.188. The molecule has 0 fully saturated rings. The Morgan fingerprint density at radius 3 is 2.15 bits per heavy atom. The zero-order valence-electron chi connectivity index (χ0n) is 6.89. The molecule has 0 aliphatic rings. The van der Waals surface area contributed by atoms with Crippen molar-refractivity contribution in [2.24, 2.45) is 0 Å². The van der Waals surface area contributed by atoms with Crippen LogP contribution in [0.15, 0.2) is 29.2 Å². The molecule has 1 aromatic rings. The molecule has 0 aliphatic heterocycles. The molecule has 0 amide bonds. The molecule has 0 spiro atoms. The summed E-state index contributed by atoms with van der Waals surface area (Å²) in [6.07, 6.45) is 0. The van der Waals surface area contributed by atoms with Gasteiger partial charge in [-0.3, -0.25) is 0 Å². The first kappa shape index (κ1) is 10.6. The Kier molecular flexibility index (Phi) is 3.36. The van der Waals surface area contributed by atoms with E-state index in [4.69, 9.17) is 0 Å². The van der Waals surface area contributed by atoms with Crippen LogP contribution in [-0.4, -0.2) is 31.2 Å². The third-order valence-electron chi connectivity index (χ3n) is 1.52. The fourth-order valence-electron chi connectivity index (χ4n) is 0.804. The molecule has 0 radical (unpaired) electrons. The van der Waals surface area contributed by atoms with Gasteiger partial charge in [0, 0.05) is 0 Å². The number of hydrogen-bond acceptors (Lipinski definition) is 3. The van der Waals surface area contributed by atoms with Gasteiger partial charge in [-0.15, -0.1) is 0 Å². The van der Waals surface area contributed by atoms with Gasteiger partial charge in [0.1, 0.15) is 0 Å². The van der Waals surface area contributed by atoms with Crippen LogP contribution in [0.1, 0.15) is 0 Å². The van der Waals surface area contributed by atoms with E-state index in [1.807, 2.05) is 0 Å². The molecule has 13 heavy (non-hydrogen) atoms. The van der Waals surface area contributed by atoms with E-state index in [1.165, 1.54) is 19.2 Å². The zero-order valence-corrected chi connectivity index (χ0v) is 9.58. The molecule has 0 atom stereocenters. The maximum atomic E-state index is 11.2. The Hall–Kier alpha value is -0.512. The summed E-state index contributed by atoms with van der Waals surface area (Å²) in [5.74, 6) is 0. The van der Waals surface area contributed by atoms with Crippen molar-refractivity contribution in [2.45, 2.75) is 4.90 Å².